The molecule has 0 aromatic heterocycles. The van der Waals surface area contributed by atoms with Gasteiger partial charge in [-0.15, -0.1) is 0 Å². The first-order chi connectivity index (χ1) is 11.3. The van der Waals surface area contributed by atoms with Crippen LogP contribution in [0.25, 0.3) is 12.2 Å². The Labute approximate surface area is 143 Å². The molecule has 2 aliphatic rings. The van der Waals surface area contributed by atoms with Crippen LogP contribution in [-0.2, 0) is 16.6 Å². The number of allylic oxidation sites excluding steroid dienone is 2. The van der Waals surface area contributed by atoms with Gasteiger partial charge in [-0.05, 0) is 0 Å². The Bertz CT molecular complexity index is 717. The summed E-state index contributed by atoms with van der Waals surface area (Å²) in [5.41, 5.74) is 6.08. The molecule has 0 N–H and O–H groups in total. The van der Waals surface area contributed by atoms with Crippen LogP contribution in [0.4, 0.5) is 0 Å². The van der Waals surface area contributed by atoms with Gasteiger partial charge in [0.25, 0.3) is 0 Å². The maximum absolute atomic E-state index is 2.53. The molecule has 0 nitrogen and oxygen atoms in total. The molecule has 0 heterocycles. The minimum absolute atomic E-state index is 0.696. The summed E-state index contributed by atoms with van der Waals surface area (Å²) in [6.45, 7) is 4.90. The van der Waals surface area contributed by atoms with E-state index in [4.69, 9.17) is 0 Å². The van der Waals surface area contributed by atoms with Gasteiger partial charge in [0.2, 0.25) is 0 Å². The van der Waals surface area contributed by atoms with Gasteiger partial charge in [-0.2, -0.15) is 0 Å². The summed E-state index contributed by atoms with van der Waals surface area (Å²) < 4.78 is 4.15. The van der Waals surface area contributed by atoms with E-state index in [0.717, 1.165) is 0 Å². The first-order valence-corrected chi connectivity index (χ1v) is 12.9. The molecule has 0 bridgehead atoms. The summed E-state index contributed by atoms with van der Waals surface area (Å²) in [7, 11) is 0. The van der Waals surface area contributed by atoms with Crippen molar-refractivity contribution in [2.24, 2.45) is 0 Å². The zero-order valence-electron chi connectivity index (χ0n) is 14.0. The second-order valence-corrected chi connectivity index (χ2v) is 14.9. The zero-order chi connectivity index (χ0) is 15.9. The molecule has 1 heteroatoms. The number of rotatable bonds is 4. The van der Waals surface area contributed by atoms with Crippen LogP contribution in [0.5, 0.6) is 0 Å². The van der Waals surface area contributed by atoms with Gasteiger partial charge >= 0.3 is 143 Å². The molecule has 0 spiro atoms. The van der Waals surface area contributed by atoms with Crippen molar-refractivity contribution in [2.45, 2.75) is 31.7 Å². The number of fused-ring (bicyclic) bond motifs is 2. The minimum atomic E-state index is -2.19. The molecule has 2 unspecified atom stereocenters. The van der Waals surface area contributed by atoms with Gasteiger partial charge in [0.1, 0.15) is 0 Å². The zero-order valence-corrected chi connectivity index (χ0v) is 15.6. The molecule has 23 heavy (non-hydrogen) atoms. The van der Waals surface area contributed by atoms with Crippen LogP contribution in [0.3, 0.4) is 0 Å². The van der Waals surface area contributed by atoms with Crippen LogP contribution in [0.1, 0.15) is 44.5 Å². The number of hydrogen-bond donors (Lipinski definition) is 0. The van der Waals surface area contributed by atoms with Gasteiger partial charge in [-0.3, -0.25) is 0 Å². The molecule has 0 saturated carbocycles. The van der Waals surface area contributed by atoms with Crippen LogP contribution in [0.15, 0.2) is 60.7 Å². The summed E-state index contributed by atoms with van der Waals surface area (Å²) in [6.07, 6.45) is 9.81. The van der Waals surface area contributed by atoms with Crippen molar-refractivity contribution in [3.8, 4) is 0 Å². The van der Waals surface area contributed by atoms with Gasteiger partial charge in [0, 0.05) is 0 Å². The third-order valence-corrected chi connectivity index (χ3v) is 15.7. The quantitative estimate of drug-likeness (QED) is 0.555. The van der Waals surface area contributed by atoms with Crippen LogP contribution in [0, 0.1) is 0 Å². The predicted molar refractivity (Wildman–Crippen MR) is 97.4 cm³/mol. The van der Waals surface area contributed by atoms with E-state index >= 15 is 0 Å². The molecule has 0 amide bonds. The van der Waals surface area contributed by atoms with Gasteiger partial charge < -0.3 is 0 Å². The molecule has 0 radical (unpaired) electrons. The number of benzene rings is 2. The molecular formula is C22H24Ti. The Hall–Kier alpha value is -1.37. The molecule has 0 aliphatic heterocycles. The molecule has 116 valence electrons. The molecule has 2 aromatic rings. The predicted octanol–water partition coefficient (Wildman–Crippen LogP) is 6.55. The van der Waals surface area contributed by atoms with E-state index in [0.29, 0.717) is 8.45 Å². The van der Waals surface area contributed by atoms with Crippen molar-refractivity contribution in [2.75, 3.05) is 0 Å². The average Bonchev–Trinajstić information content (AvgIpc) is 3.23. The van der Waals surface area contributed by atoms with Gasteiger partial charge in [0.05, 0.1) is 0 Å². The number of hydrogen-bond acceptors (Lipinski definition) is 0. The van der Waals surface area contributed by atoms with E-state index < -0.39 is 16.6 Å². The summed E-state index contributed by atoms with van der Waals surface area (Å²) in [4.78, 5) is 0. The molecular weight excluding hydrogens is 312 g/mol. The SMILES string of the molecule is C[CH2][Ti]([CH2]C)([CH]1C=Cc2ccccc21)[CH]1C=Cc2ccccc21. The standard InChI is InChI=1S/2C9H7.2C2H5.Ti/c2*1-2-5-9-7-3-6-8(9)4-1;2*1-2;/h2*1-7H;2*1H2,2H3;. The molecule has 2 aliphatic carbocycles. The summed E-state index contributed by atoms with van der Waals surface area (Å²) in [5, 5.41) is 0. The topological polar surface area (TPSA) is 0 Å². The van der Waals surface area contributed by atoms with Crippen LogP contribution in [0.2, 0.25) is 9.45 Å². The fraction of sp³-hybridized carbons (Fsp3) is 0.273. The van der Waals surface area contributed by atoms with Gasteiger partial charge in [-0.25, -0.2) is 0 Å². The van der Waals surface area contributed by atoms with Gasteiger partial charge in [0.15, 0.2) is 0 Å². The summed E-state index contributed by atoms with van der Waals surface area (Å²) in [5.74, 6) is 0. The average molecular weight is 336 g/mol. The summed E-state index contributed by atoms with van der Waals surface area (Å²) >= 11 is -2.19. The fourth-order valence-corrected chi connectivity index (χ4v) is 13.2. The van der Waals surface area contributed by atoms with E-state index in [1.165, 1.54) is 20.6 Å². The van der Waals surface area contributed by atoms with Crippen molar-refractivity contribution in [1.82, 2.24) is 0 Å². The molecule has 2 aromatic carbocycles. The van der Waals surface area contributed by atoms with E-state index in [1.54, 1.807) is 11.1 Å². The Morgan fingerprint density at radius 1 is 0.696 bits per heavy atom. The Kier molecular flexibility index (Phi) is 3.91. The van der Waals surface area contributed by atoms with Crippen LogP contribution in [-0.4, -0.2) is 0 Å². The van der Waals surface area contributed by atoms with Crippen molar-refractivity contribution in [3.05, 3.63) is 82.9 Å². The van der Waals surface area contributed by atoms with E-state index in [9.17, 15) is 0 Å². The third-order valence-electron chi connectivity index (χ3n) is 6.15. The van der Waals surface area contributed by atoms with Crippen molar-refractivity contribution in [3.63, 3.8) is 0 Å². The summed E-state index contributed by atoms with van der Waals surface area (Å²) in [6, 6.07) is 18.1. The Balaban J connectivity index is 1.83. The maximum atomic E-state index is 2.53. The third kappa shape index (κ3) is 2.23. The second-order valence-electron chi connectivity index (χ2n) is 6.87. The van der Waals surface area contributed by atoms with E-state index in [1.807, 2.05) is 0 Å². The molecule has 2 atom stereocenters. The van der Waals surface area contributed by atoms with Gasteiger partial charge in [-0.1, -0.05) is 0 Å². The van der Waals surface area contributed by atoms with E-state index in [2.05, 4.69) is 86.7 Å². The Morgan fingerprint density at radius 2 is 1.13 bits per heavy atom. The normalized spacial score (nSPS) is 21.5. The fourth-order valence-electron chi connectivity index (χ4n) is 4.82. The van der Waals surface area contributed by atoms with Crippen molar-refractivity contribution >= 4 is 12.2 Å². The monoisotopic (exact) mass is 336 g/mol. The first kappa shape index (κ1) is 15.2. The molecule has 0 fully saturated rings. The Morgan fingerprint density at radius 3 is 1.57 bits per heavy atom. The van der Waals surface area contributed by atoms with Crippen LogP contribution >= 0.6 is 0 Å². The van der Waals surface area contributed by atoms with Crippen LogP contribution < -0.4 is 0 Å². The first-order valence-electron chi connectivity index (χ1n) is 8.84. The molecule has 4 rings (SSSR count). The van der Waals surface area contributed by atoms with Crippen molar-refractivity contribution in [1.29, 1.82) is 0 Å². The van der Waals surface area contributed by atoms with Crippen molar-refractivity contribution < 1.29 is 16.6 Å². The second kappa shape index (κ2) is 5.93. The molecule has 0 saturated heterocycles. The van der Waals surface area contributed by atoms with E-state index in [-0.39, 0.29) is 0 Å².